The summed E-state index contributed by atoms with van der Waals surface area (Å²) in [6.07, 6.45) is -7.35. The van der Waals surface area contributed by atoms with E-state index < -0.39 is 42.1 Å². The Hall–Kier alpha value is -1.67. The first-order valence-electron chi connectivity index (χ1n) is 6.09. The third kappa shape index (κ3) is 2.49. The average molecular weight is 307 g/mol. The number of alkyl halides is 3. The van der Waals surface area contributed by atoms with Gasteiger partial charge in [0.25, 0.3) is 0 Å². The highest BCUT2D eigenvalue weighted by atomic mass is 19.4. The Kier molecular flexibility index (Phi) is 3.94. The van der Waals surface area contributed by atoms with Crippen molar-refractivity contribution in [2.75, 3.05) is 13.7 Å². The van der Waals surface area contributed by atoms with E-state index in [9.17, 15) is 27.5 Å². The number of aliphatic carboxylic acids is 1. The number of hydrogen-bond donors (Lipinski definition) is 2. The second-order valence-electron chi connectivity index (χ2n) is 4.79. The van der Waals surface area contributed by atoms with Crippen LogP contribution in [0.25, 0.3) is 0 Å². The number of carboxylic acids is 1. The molecular weight excluding hydrogens is 294 g/mol. The fourth-order valence-corrected chi connectivity index (χ4v) is 2.72. The summed E-state index contributed by atoms with van der Waals surface area (Å²) in [4.78, 5) is 11.4. The predicted octanol–water partition coefficient (Wildman–Crippen LogP) is 1.90. The maximum absolute atomic E-state index is 14.0. The van der Waals surface area contributed by atoms with Crippen molar-refractivity contribution in [1.82, 2.24) is 5.32 Å². The summed E-state index contributed by atoms with van der Waals surface area (Å²) in [7, 11) is 1.28. The van der Waals surface area contributed by atoms with Gasteiger partial charge in [-0.1, -0.05) is 18.2 Å². The molecule has 0 spiro atoms. The van der Waals surface area contributed by atoms with Gasteiger partial charge in [0, 0.05) is 5.56 Å². The molecule has 0 radical (unpaired) electrons. The van der Waals surface area contributed by atoms with E-state index in [1.807, 2.05) is 0 Å². The highest BCUT2D eigenvalue weighted by Crippen LogP contribution is 2.45. The number of ether oxygens (including phenoxy) is 1. The van der Waals surface area contributed by atoms with Gasteiger partial charge in [-0.05, 0) is 13.1 Å². The maximum atomic E-state index is 14.0. The van der Waals surface area contributed by atoms with E-state index in [0.29, 0.717) is 0 Å². The minimum absolute atomic E-state index is 0.161. The van der Waals surface area contributed by atoms with Gasteiger partial charge >= 0.3 is 12.1 Å². The Bertz CT molecular complexity index is 548. The van der Waals surface area contributed by atoms with E-state index in [-0.39, 0.29) is 5.56 Å². The largest absolute Gasteiger partial charge is 0.481 e. The van der Waals surface area contributed by atoms with E-state index in [1.54, 1.807) is 0 Å². The van der Waals surface area contributed by atoms with Crippen molar-refractivity contribution < 1.29 is 32.2 Å². The van der Waals surface area contributed by atoms with Crippen LogP contribution in [-0.4, -0.2) is 37.0 Å². The lowest BCUT2D eigenvalue weighted by molar-refractivity contribution is -0.219. The number of carbonyl (C=O) groups is 1. The normalized spacial score (nSPS) is 29.6. The third-order valence-electron chi connectivity index (χ3n) is 3.71. The molecule has 0 aromatic heterocycles. The molecule has 0 saturated carbocycles. The zero-order valence-electron chi connectivity index (χ0n) is 10.9. The zero-order chi connectivity index (χ0) is 15.8. The van der Waals surface area contributed by atoms with Crippen LogP contribution >= 0.6 is 0 Å². The van der Waals surface area contributed by atoms with Crippen LogP contribution in [0, 0.1) is 11.7 Å². The van der Waals surface area contributed by atoms with E-state index in [0.717, 1.165) is 6.07 Å². The summed E-state index contributed by atoms with van der Waals surface area (Å²) < 4.78 is 57.5. The van der Waals surface area contributed by atoms with Crippen LogP contribution in [0.4, 0.5) is 17.6 Å². The summed E-state index contributed by atoms with van der Waals surface area (Å²) in [5.41, 5.74) is -1.94. The van der Waals surface area contributed by atoms with Crippen molar-refractivity contribution >= 4 is 5.97 Å². The number of carboxylic acid groups (broad SMARTS) is 1. The lowest BCUT2D eigenvalue weighted by Gasteiger charge is -2.33. The molecule has 1 fully saturated rings. The van der Waals surface area contributed by atoms with Crippen molar-refractivity contribution in [1.29, 1.82) is 0 Å². The standard InChI is InChI=1S/C13H13F4NO3/c1-18-12(7-4-2-3-5-8(7)14)6-21-10(13(15,16)17)9(12)11(19)20/h2-5,9-10,18H,6H2,1H3,(H,19,20)/t9-,10-,12+/m0/s1. The van der Waals surface area contributed by atoms with E-state index in [2.05, 4.69) is 10.1 Å². The molecule has 0 amide bonds. The Balaban J connectivity index is 2.58. The molecule has 1 saturated heterocycles. The fraction of sp³-hybridized carbons (Fsp3) is 0.462. The van der Waals surface area contributed by atoms with Gasteiger partial charge in [0.1, 0.15) is 11.7 Å². The van der Waals surface area contributed by atoms with Gasteiger partial charge in [0.15, 0.2) is 6.10 Å². The molecule has 1 aliphatic heterocycles. The Morgan fingerprint density at radius 1 is 1.43 bits per heavy atom. The molecule has 0 unspecified atom stereocenters. The van der Waals surface area contributed by atoms with Crippen molar-refractivity contribution in [2.24, 2.45) is 5.92 Å². The monoisotopic (exact) mass is 307 g/mol. The molecule has 1 aliphatic rings. The lowest BCUT2D eigenvalue weighted by Crippen LogP contribution is -2.53. The minimum Gasteiger partial charge on any atom is -0.481 e. The van der Waals surface area contributed by atoms with Crippen LogP contribution in [0.1, 0.15) is 5.56 Å². The van der Waals surface area contributed by atoms with Gasteiger partial charge in [-0.2, -0.15) is 13.2 Å². The van der Waals surface area contributed by atoms with Crippen LogP contribution in [0.5, 0.6) is 0 Å². The molecule has 116 valence electrons. The molecular formula is C13H13F4NO3. The molecule has 0 aliphatic carbocycles. The first-order chi connectivity index (χ1) is 9.74. The Labute approximate surface area is 117 Å². The fourth-order valence-electron chi connectivity index (χ4n) is 2.72. The molecule has 21 heavy (non-hydrogen) atoms. The predicted molar refractivity (Wildman–Crippen MR) is 64.1 cm³/mol. The first kappa shape index (κ1) is 15.7. The third-order valence-corrected chi connectivity index (χ3v) is 3.71. The molecule has 3 atom stereocenters. The minimum atomic E-state index is -4.85. The molecule has 1 aromatic rings. The van der Waals surface area contributed by atoms with Crippen molar-refractivity contribution in [3.05, 3.63) is 35.6 Å². The van der Waals surface area contributed by atoms with E-state index in [1.165, 1.54) is 25.2 Å². The second-order valence-corrected chi connectivity index (χ2v) is 4.79. The van der Waals surface area contributed by atoms with Crippen molar-refractivity contribution in [3.63, 3.8) is 0 Å². The van der Waals surface area contributed by atoms with Gasteiger partial charge in [-0.3, -0.25) is 4.79 Å². The first-order valence-corrected chi connectivity index (χ1v) is 6.09. The SMILES string of the molecule is CN[C@@]1(c2ccccc2F)CO[C@H](C(F)(F)F)[C@H]1C(=O)O. The summed E-state index contributed by atoms with van der Waals surface area (Å²) >= 11 is 0. The van der Waals surface area contributed by atoms with E-state index >= 15 is 0 Å². The average Bonchev–Trinajstić information content (AvgIpc) is 2.79. The Morgan fingerprint density at radius 2 is 2.05 bits per heavy atom. The summed E-state index contributed by atoms with van der Waals surface area (Å²) in [5.74, 6) is -4.48. The highest BCUT2D eigenvalue weighted by molar-refractivity contribution is 5.74. The summed E-state index contributed by atoms with van der Waals surface area (Å²) in [6.45, 7) is -0.592. The van der Waals surface area contributed by atoms with Gasteiger partial charge in [-0.25, -0.2) is 4.39 Å². The molecule has 2 rings (SSSR count). The number of likely N-dealkylation sites (N-methyl/N-ethyl adjacent to an activating group) is 1. The van der Waals surface area contributed by atoms with Crippen molar-refractivity contribution in [3.8, 4) is 0 Å². The van der Waals surface area contributed by atoms with Gasteiger partial charge in [0.05, 0.1) is 12.1 Å². The molecule has 4 nitrogen and oxygen atoms in total. The number of benzene rings is 1. The number of halogens is 4. The molecule has 1 aromatic carbocycles. The van der Waals surface area contributed by atoms with E-state index in [4.69, 9.17) is 0 Å². The smallest absolute Gasteiger partial charge is 0.415 e. The molecule has 1 heterocycles. The lowest BCUT2D eigenvalue weighted by atomic mass is 9.77. The van der Waals surface area contributed by atoms with Crippen LogP contribution in [0.3, 0.4) is 0 Å². The van der Waals surface area contributed by atoms with Crippen LogP contribution in [0.2, 0.25) is 0 Å². The summed E-state index contributed by atoms with van der Waals surface area (Å²) in [6, 6.07) is 5.12. The highest BCUT2D eigenvalue weighted by Gasteiger charge is 2.63. The Morgan fingerprint density at radius 3 is 2.52 bits per heavy atom. The second kappa shape index (κ2) is 5.27. The van der Waals surface area contributed by atoms with Crippen molar-refractivity contribution in [2.45, 2.75) is 17.8 Å². The van der Waals surface area contributed by atoms with Crippen LogP contribution in [-0.2, 0) is 15.1 Å². The summed E-state index contributed by atoms with van der Waals surface area (Å²) in [5, 5.41) is 11.7. The van der Waals surface area contributed by atoms with Gasteiger partial charge < -0.3 is 15.2 Å². The quantitative estimate of drug-likeness (QED) is 0.838. The zero-order valence-corrected chi connectivity index (χ0v) is 10.9. The molecule has 8 heteroatoms. The van der Waals surface area contributed by atoms with Gasteiger partial charge in [-0.15, -0.1) is 0 Å². The number of rotatable bonds is 3. The van der Waals surface area contributed by atoms with Crippen LogP contribution in [0.15, 0.2) is 24.3 Å². The van der Waals surface area contributed by atoms with Crippen LogP contribution < -0.4 is 5.32 Å². The molecule has 0 bridgehead atoms. The van der Waals surface area contributed by atoms with Gasteiger partial charge in [0.2, 0.25) is 0 Å². The number of nitrogens with one attached hydrogen (secondary N) is 1. The maximum Gasteiger partial charge on any atom is 0.415 e. The topological polar surface area (TPSA) is 58.6 Å². The molecule has 2 N–H and O–H groups in total. The number of hydrogen-bond acceptors (Lipinski definition) is 3.